The van der Waals surface area contributed by atoms with E-state index >= 15 is 0 Å². The Morgan fingerprint density at radius 1 is 1.41 bits per heavy atom. The van der Waals surface area contributed by atoms with Crippen LogP contribution in [0.4, 0.5) is 0 Å². The second kappa shape index (κ2) is 5.10. The van der Waals surface area contributed by atoms with Gasteiger partial charge in [0.15, 0.2) is 0 Å². The topological polar surface area (TPSA) is 56.7 Å². The molecule has 0 saturated heterocycles. The summed E-state index contributed by atoms with van der Waals surface area (Å²) in [5.41, 5.74) is 9.41. The minimum Gasteiger partial charge on any atom is -0.319 e. The van der Waals surface area contributed by atoms with Crippen LogP contribution in [0.2, 0.25) is 0 Å². The van der Waals surface area contributed by atoms with Gasteiger partial charge in [-0.1, -0.05) is 13.0 Å². The summed E-state index contributed by atoms with van der Waals surface area (Å²) in [4.78, 5) is 4.40. The molecule has 90 valence electrons. The Morgan fingerprint density at radius 2 is 2.24 bits per heavy atom. The average molecular weight is 230 g/mol. The molecule has 0 radical (unpaired) electrons. The number of nitrogens with zero attached hydrogens (tertiary/aromatic N) is 3. The summed E-state index contributed by atoms with van der Waals surface area (Å²) in [5.74, 6) is 0. The van der Waals surface area contributed by atoms with Gasteiger partial charge in [-0.05, 0) is 25.0 Å². The van der Waals surface area contributed by atoms with Gasteiger partial charge in [0.05, 0.1) is 17.9 Å². The molecule has 0 bridgehead atoms. The molecule has 0 spiro atoms. The van der Waals surface area contributed by atoms with Gasteiger partial charge in [0, 0.05) is 24.5 Å². The van der Waals surface area contributed by atoms with Crippen LogP contribution < -0.4 is 5.73 Å². The summed E-state index contributed by atoms with van der Waals surface area (Å²) < 4.78 is 1.88. The van der Waals surface area contributed by atoms with Crippen LogP contribution in [0.25, 0.3) is 0 Å². The molecule has 0 aromatic carbocycles. The first-order valence-electron chi connectivity index (χ1n) is 5.98. The van der Waals surface area contributed by atoms with Gasteiger partial charge in [-0.3, -0.25) is 9.67 Å². The number of hydrogen-bond acceptors (Lipinski definition) is 3. The largest absolute Gasteiger partial charge is 0.319 e. The van der Waals surface area contributed by atoms with Crippen molar-refractivity contribution in [2.45, 2.75) is 32.9 Å². The van der Waals surface area contributed by atoms with E-state index in [9.17, 15) is 0 Å². The van der Waals surface area contributed by atoms with Crippen LogP contribution in [0.1, 0.15) is 36.7 Å². The predicted molar refractivity (Wildman–Crippen MR) is 67.5 cm³/mol. The number of aromatic nitrogens is 3. The Kier molecular flexibility index (Phi) is 3.54. The van der Waals surface area contributed by atoms with Crippen molar-refractivity contribution < 1.29 is 0 Å². The Hall–Kier alpha value is -1.68. The molecule has 0 aliphatic heterocycles. The minimum atomic E-state index is -0.188. The smallest absolute Gasteiger partial charge is 0.0760 e. The Bertz CT molecular complexity index is 490. The Balaban J connectivity index is 2.32. The summed E-state index contributed by atoms with van der Waals surface area (Å²) in [5, 5.41) is 4.25. The van der Waals surface area contributed by atoms with Gasteiger partial charge in [-0.2, -0.15) is 5.10 Å². The fraction of sp³-hybridized carbons (Fsp3) is 0.385. The minimum absolute atomic E-state index is 0.188. The van der Waals surface area contributed by atoms with Crippen molar-refractivity contribution in [3.05, 3.63) is 47.5 Å². The van der Waals surface area contributed by atoms with Crippen molar-refractivity contribution >= 4 is 0 Å². The van der Waals surface area contributed by atoms with Crippen LogP contribution in [0.5, 0.6) is 0 Å². The number of hydrogen-bond donors (Lipinski definition) is 1. The van der Waals surface area contributed by atoms with Crippen LogP contribution in [0, 0.1) is 0 Å². The summed E-state index contributed by atoms with van der Waals surface area (Å²) >= 11 is 0. The molecule has 2 rings (SSSR count). The van der Waals surface area contributed by atoms with E-state index < -0.39 is 0 Å². The summed E-state index contributed by atoms with van der Waals surface area (Å²) in [6, 6.07) is 3.84. The molecular weight excluding hydrogens is 212 g/mol. The normalized spacial score (nSPS) is 12.6. The van der Waals surface area contributed by atoms with Gasteiger partial charge in [0.25, 0.3) is 0 Å². The van der Waals surface area contributed by atoms with Gasteiger partial charge in [0.2, 0.25) is 0 Å². The molecule has 0 aliphatic rings. The molecule has 4 nitrogen and oxygen atoms in total. The van der Waals surface area contributed by atoms with Crippen LogP contribution in [0.3, 0.4) is 0 Å². The molecule has 0 saturated carbocycles. The third kappa shape index (κ3) is 2.36. The van der Waals surface area contributed by atoms with Crippen molar-refractivity contribution in [1.82, 2.24) is 14.8 Å². The molecule has 0 amide bonds. The highest BCUT2D eigenvalue weighted by atomic mass is 15.3. The molecule has 2 heterocycles. The molecular formula is C13H18N4. The standard InChI is InChI=1S/C13H18N4/c1-3-10-6-5-7-15-13(10)12(14)11-8-16-17(4-2)9-11/h5-9,12H,3-4,14H2,1-2H3. The first-order chi connectivity index (χ1) is 8.26. The number of pyridine rings is 1. The van der Waals surface area contributed by atoms with E-state index in [1.807, 2.05) is 23.1 Å². The highest BCUT2D eigenvalue weighted by molar-refractivity contribution is 5.30. The third-order valence-electron chi connectivity index (χ3n) is 2.94. The lowest BCUT2D eigenvalue weighted by Crippen LogP contribution is -2.15. The molecule has 4 heteroatoms. The predicted octanol–water partition coefficient (Wildman–Crippen LogP) is 1.91. The van der Waals surface area contributed by atoms with Crippen LogP contribution in [-0.4, -0.2) is 14.8 Å². The highest BCUT2D eigenvalue weighted by Gasteiger charge is 2.15. The average Bonchev–Trinajstić information content (AvgIpc) is 2.86. The molecule has 1 atom stereocenters. The second-order valence-electron chi connectivity index (χ2n) is 4.01. The van der Waals surface area contributed by atoms with Crippen LogP contribution in [-0.2, 0) is 13.0 Å². The zero-order valence-corrected chi connectivity index (χ0v) is 10.3. The van der Waals surface area contributed by atoms with Crippen molar-refractivity contribution in [3.63, 3.8) is 0 Å². The maximum Gasteiger partial charge on any atom is 0.0760 e. The lowest BCUT2D eigenvalue weighted by Gasteiger charge is -2.12. The van der Waals surface area contributed by atoms with Crippen LogP contribution in [0.15, 0.2) is 30.7 Å². The third-order valence-corrected chi connectivity index (χ3v) is 2.94. The molecule has 1 unspecified atom stereocenters. The molecule has 0 aliphatic carbocycles. The Morgan fingerprint density at radius 3 is 2.88 bits per heavy atom. The highest BCUT2D eigenvalue weighted by Crippen LogP contribution is 2.20. The second-order valence-corrected chi connectivity index (χ2v) is 4.01. The monoisotopic (exact) mass is 230 g/mol. The lowest BCUT2D eigenvalue weighted by molar-refractivity contribution is 0.658. The number of aryl methyl sites for hydroxylation is 2. The van der Waals surface area contributed by atoms with E-state index in [0.717, 1.165) is 24.2 Å². The van der Waals surface area contributed by atoms with E-state index in [1.54, 1.807) is 6.20 Å². The lowest BCUT2D eigenvalue weighted by atomic mass is 10.0. The van der Waals surface area contributed by atoms with Crippen molar-refractivity contribution in [1.29, 1.82) is 0 Å². The first kappa shape index (κ1) is 11.8. The maximum atomic E-state index is 6.24. The van der Waals surface area contributed by atoms with Gasteiger partial charge in [-0.15, -0.1) is 0 Å². The van der Waals surface area contributed by atoms with E-state index in [-0.39, 0.29) is 6.04 Å². The zero-order valence-electron chi connectivity index (χ0n) is 10.3. The quantitative estimate of drug-likeness (QED) is 0.872. The fourth-order valence-corrected chi connectivity index (χ4v) is 1.90. The van der Waals surface area contributed by atoms with Crippen molar-refractivity contribution in [3.8, 4) is 0 Å². The maximum absolute atomic E-state index is 6.24. The summed E-state index contributed by atoms with van der Waals surface area (Å²) in [6.45, 7) is 5.03. The number of rotatable bonds is 4. The first-order valence-corrected chi connectivity index (χ1v) is 5.98. The van der Waals surface area contributed by atoms with Crippen molar-refractivity contribution in [2.24, 2.45) is 5.73 Å². The summed E-state index contributed by atoms with van der Waals surface area (Å²) in [6.07, 6.45) is 6.54. The van der Waals surface area contributed by atoms with Crippen molar-refractivity contribution in [2.75, 3.05) is 0 Å². The summed E-state index contributed by atoms with van der Waals surface area (Å²) in [7, 11) is 0. The van der Waals surface area contributed by atoms with E-state index in [4.69, 9.17) is 5.73 Å². The fourth-order valence-electron chi connectivity index (χ4n) is 1.90. The molecule has 0 fully saturated rings. The SMILES string of the molecule is CCc1cccnc1C(N)c1cnn(CC)c1. The zero-order chi connectivity index (χ0) is 12.3. The van der Waals surface area contributed by atoms with Gasteiger partial charge in [0.1, 0.15) is 0 Å². The van der Waals surface area contributed by atoms with E-state index in [0.29, 0.717) is 0 Å². The number of nitrogens with two attached hydrogens (primary N) is 1. The molecule has 2 aromatic rings. The van der Waals surface area contributed by atoms with Gasteiger partial charge >= 0.3 is 0 Å². The van der Waals surface area contributed by atoms with Gasteiger partial charge in [-0.25, -0.2) is 0 Å². The molecule has 2 N–H and O–H groups in total. The molecule has 17 heavy (non-hydrogen) atoms. The van der Waals surface area contributed by atoms with E-state index in [2.05, 4.69) is 30.0 Å². The Labute approximate surface area is 101 Å². The molecule has 2 aromatic heterocycles. The van der Waals surface area contributed by atoms with E-state index in [1.165, 1.54) is 5.56 Å². The van der Waals surface area contributed by atoms with Gasteiger partial charge < -0.3 is 5.73 Å². The van der Waals surface area contributed by atoms with Crippen LogP contribution >= 0.6 is 0 Å².